The molecule has 0 saturated heterocycles. The Bertz CT molecular complexity index is 1040. The van der Waals surface area contributed by atoms with E-state index in [0.29, 0.717) is 0 Å². The second-order valence-corrected chi connectivity index (χ2v) is 7.76. The second kappa shape index (κ2) is 6.64. The van der Waals surface area contributed by atoms with Crippen LogP contribution in [0.15, 0.2) is 34.1 Å². The third kappa shape index (κ3) is 3.67. The monoisotopic (exact) mass is 404 g/mol. The number of ether oxygens (including phenoxy) is 2. The molecule has 0 heterocycles. The van der Waals surface area contributed by atoms with Crippen LogP contribution in [0.3, 0.4) is 0 Å². The van der Waals surface area contributed by atoms with Crippen LogP contribution in [0.2, 0.25) is 0 Å². The topological polar surface area (TPSA) is 161 Å². The van der Waals surface area contributed by atoms with Crippen LogP contribution in [0.25, 0.3) is 10.8 Å². The standard InChI is InChI=1S/C14H12O10S2/c1-23-13(15)7-3-9-10(11(5-7)25(17,18)19)4-8(14(16)24-2)6-12(9)26(20,21)22/h3-6H,1-2H3,(H,17,18,19)(H,20,21,22). The molecule has 2 rings (SSSR count). The molecule has 0 aliphatic rings. The van der Waals surface area contributed by atoms with Gasteiger partial charge < -0.3 is 9.47 Å². The molecule has 12 heteroatoms. The van der Waals surface area contributed by atoms with Crippen molar-refractivity contribution in [3.63, 3.8) is 0 Å². The van der Waals surface area contributed by atoms with Crippen LogP contribution in [0.1, 0.15) is 20.7 Å². The summed E-state index contributed by atoms with van der Waals surface area (Å²) in [7, 11) is -7.88. The van der Waals surface area contributed by atoms with Gasteiger partial charge in [-0.05, 0) is 24.3 Å². The van der Waals surface area contributed by atoms with Crippen LogP contribution in [0, 0.1) is 0 Å². The number of hydrogen-bond donors (Lipinski definition) is 2. The van der Waals surface area contributed by atoms with E-state index in [1.54, 1.807) is 0 Å². The molecule has 140 valence electrons. The Morgan fingerprint density at radius 3 is 1.27 bits per heavy atom. The minimum atomic E-state index is -4.94. The summed E-state index contributed by atoms with van der Waals surface area (Å²) in [5.74, 6) is -2.04. The van der Waals surface area contributed by atoms with Gasteiger partial charge in [0, 0.05) is 10.8 Å². The Morgan fingerprint density at radius 2 is 1.04 bits per heavy atom. The zero-order chi connectivity index (χ0) is 19.9. The van der Waals surface area contributed by atoms with Crippen molar-refractivity contribution >= 4 is 42.9 Å². The van der Waals surface area contributed by atoms with Gasteiger partial charge in [-0.25, -0.2) is 9.59 Å². The first-order chi connectivity index (χ1) is 11.9. The molecule has 10 nitrogen and oxygen atoms in total. The maximum Gasteiger partial charge on any atom is 0.337 e. The summed E-state index contributed by atoms with van der Waals surface area (Å²) in [4.78, 5) is 21.8. The van der Waals surface area contributed by atoms with E-state index in [1.165, 1.54) is 0 Å². The van der Waals surface area contributed by atoms with Crippen LogP contribution < -0.4 is 0 Å². The average Bonchev–Trinajstić information content (AvgIpc) is 2.56. The first-order valence-electron chi connectivity index (χ1n) is 6.63. The van der Waals surface area contributed by atoms with Gasteiger partial charge in [0.15, 0.2) is 0 Å². The highest BCUT2D eigenvalue weighted by Gasteiger charge is 2.25. The molecule has 0 bridgehead atoms. The van der Waals surface area contributed by atoms with Gasteiger partial charge >= 0.3 is 11.9 Å². The Hall–Kier alpha value is -2.54. The van der Waals surface area contributed by atoms with Crippen molar-refractivity contribution in [1.82, 2.24) is 0 Å². The van der Waals surface area contributed by atoms with Crippen molar-refractivity contribution in [1.29, 1.82) is 0 Å². The number of esters is 2. The van der Waals surface area contributed by atoms with Crippen molar-refractivity contribution < 1.29 is 45.0 Å². The lowest BCUT2D eigenvalue weighted by atomic mass is 10.0. The Balaban J connectivity index is 3.14. The molecule has 2 aromatic rings. The number of hydrogen-bond acceptors (Lipinski definition) is 8. The van der Waals surface area contributed by atoms with Gasteiger partial charge in [0.05, 0.1) is 25.3 Å². The summed E-state index contributed by atoms with van der Waals surface area (Å²) in [6.45, 7) is 0. The highest BCUT2D eigenvalue weighted by Crippen LogP contribution is 2.32. The van der Waals surface area contributed by atoms with Gasteiger partial charge in [-0.2, -0.15) is 16.8 Å². The summed E-state index contributed by atoms with van der Waals surface area (Å²) in [6.07, 6.45) is 0. The van der Waals surface area contributed by atoms with Gasteiger partial charge in [-0.3, -0.25) is 9.11 Å². The molecule has 26 heavy (non-hydrogen) atoms. The van der Waals surface area contributed by atoms with E-state index in [9.17, 15) is 35.5 Å². The summed E-state index contributed by atoms with van der Waals surface area (Å²) >= 11 is 0. The van der Waals surface area contributed by atoms with E-state index in [2.05, 4.69) is 9.47 Å². The number of fused-ring (bicyclic) bond motifs is 1. The van der Waals surface area contributed by atoms with E-state index >= 15 is 0 Å². The molecule has 0 aromatic heterocycles. The summed E-state index contributed by atoms with van der Waals surface area (Å²) < 4.78 is 74.6. The first-order valence-corrected chi connectivity index (χ1v) is 9.51. The fraction of sp³-hybridized carbons (Fsp3) is 0.143. The van der Waals surface area contributed by atoms with Crippen molar-refractivity contribution in [2.45, 2.75) is 9.79 Å². The quantitative estimate of drug-likeness (QED) is 0.553. The SMILES string of the molecule is COC(=O)c1cc(S(=O)(=O)O)c2cc(C(=O)OC)cc(S(=O)(=O)O)c2c1. The summed E-state index contributed by atoms with van der Waals surface area (Å²) in [6, 6.07) is 3.39. The number of methoxy groups -OCH3 is 2. The van der Waals surface area contributed by atoms with E-state index in [-0.39, 0.29) is 0 Å². The Morgan fingerprint density at radius 1 is 0.731 bits per heavy atom. The molecule has 0 atom stereocenters. The largest absolute Gasteiger partial charge is 0.465 e. The molecule has 0 aliphatic carbocycles. The molecule has 0 fully saturated rings. The summed E-state index contributed by atoms with van der Waals surface area (Å²) in [5, 5.41) is -0.841. The number of benzene rings is 2. The molecule has 0 saturated carbocycles. The van der Waals surface area contributed by atoms with Crippen LogP contribution in [-0.4, -0.2) is 52.1 Å². The normalized spacial score (nSPS) is 12.0. The molecular weight excluding hydrogens is 392 g/mol. The summed E-state index contributed by atoms with van der Waals surface area (Å²) in [5.41, 5.74) is -0.799. The lowest BCUT2D eigenvalue weighted by Crippen LogP contribution is -2.10. The highest BCUT2D eigenvalue weighted by molar-refractivity contribution is 7.86. The third-order valence-electron chi connectivity index (χ3n) is 3.39. The molecule has 0 radical (unpaired) electrons. The van der Waals surface area contributed by atoms with E-state index < -0.39 is 63.9 Å². The minimum Gasteiger partial charge on any atom is -0.465 e. The fourth-order valence-electron chi connectivity index (χ4n) is 2.29. The minimum absolute atomic E-state index is 0.400. The van der Waals surface area contributed by atoms with E-state index in [1.807, 2.05) is 0 Å². The van der Waals surface area contributed by atoms with Gasteiger partial charge in [0.1, 0.15) is 9.79 Å². The smallest absolute Gasteiger partial charge is 0.337 e. The number of rotatable bonds is 4. The van der Waals surface area contributed by atoms with Gasteiger partial charge in [0.2, 0.25) is 0 Å². The predicted octanol–water partition coefficient (Wildman–Crippen LogP) is 0.906. The fourth-order valence-corrected chi connectivity index (χ4v) is 3.74. The number of carbonyl (C=O) groups is 2. The van der Waals surface area contributed by atoms with E-state index in [4.69, 9.17) is 0 Å². The van der Waals surface area contributed by atoms with Gasteiger partial charge in [-0.1, -0.05) is 0 Å². The van der Waals surface area contributed by atoms with Gasteiger partial charge in [-0.15, -0.1) is 0 Å². The molecule has 0 spiro atoms. The lowest BCUT2D eigenvalue weighted by molar-refractivity contribution is 0.0591. The Kier molecular flexibility index (Phi) is 5.05. The third-order valence-corrected chi connectivity index (χ3v) is 5.18. The van der Waals surface area contributed by atoms with Crippen LogP contribution in [-0.2, 0) is 29.7 Å². The zero-order valence-electron chi connectivity index (χ0n) is 13.3. The van der Waals surface area contributed by atoms with Crippen molar-refractivity contribution in [3.05, 3.63) is 35.4 Å². The van der Waals surface area contributed by atoms with Crippen LogP contribution in [0.4, 0.5) is 0 Å². The number of carbonyl (C=O) groups excluding carboxylic acids is 2. The van der Waals surface area contributed by atoms with Crippen molar-refractivity contribution in [3.8, 4) is 0 Å². The van der Waals surface area contributed by atoms with Crippen molar-refractivity contribution in [2.24, 2.45) is 0 Å². The van der Waals surface area contributed by atoms with Gasteiger partial charge in [0.25, 0.3) is 20.2 Å². The first kappa shape index (κ1) is 19.8. The average molecular weight is 404 g/mol. The maximum absolute atomic E-state index is 11.7. The predicted molar refractivity (Wildman–Crippen MR) is 86.3 cm³/mol. The van der Waals surface area contributed by atoms with Crippen LogP contribution in [0.5, 0.6) is 0 Å². The van der Waals surface area contributed by atoms with Crippen LogP contribution >= 0.6 is 0 Å². The van der Waals surface area contributed by atoms with E-state index in [0.717, 1.165) is 38.5 Å². The second-order valence-electron chi connectivity index (χ2n) is 4.98. The maximum atomic E-state index is 11.7. The van der Waals surface area contributed by atoms with Crippen molar-refractivity contribution in [2.75, 3.05) is 14.2 Å². The molecule has 2 aromatic carbocycles. The molecular formula is C14H12O10S2. The lowest BCUT2D eigenvalue weighted by Gasteiger charge is -2.12. The molecule has 0 amide bonds. The molecule has 0 unspecified atom stereocenters. The molecule has 0 aliphatic heterocycles. The zero-order valence-corrected chi connectivity index (χ0v) is 14.9. The molecule has 2 N–H and O–H groups in total. The highest BCUT2D eigenvalue weighted by atomic mass is 32.2. The Labute approximate surface area is 147 Å².